The average molecular weight is 365 g/mol. The van der Waals surface area contributed by atoms with Gasteiger partial charge < -0.3 is 4.74 Å². The Bertz CT molecular complexity index is 618. The third-order valence-corrected chi connectivity index (χ3v) is 5.35. The Hall–Kier alpha value is -1.94. The maximum absolute atomic E-state index is 5.60. The average Bonchev–Trinajstić information content (AvgIpc) is 2.71. The van der Waals surface area contributed by atoms with E-state index in [4.69, 9.17) is 4.74 Å². The van der Waals surface area contributed by atoms with Crippen molar-refractivity contribution in [3.8, 4) is 17.6 Å². The molecule has 146 valence electrons. The second-order valence-corrected chi connectivity index (χ2v) is 7.68. The Morgan fingerprint density at radius 3 is 2.37 bits per heavy atom. The molecule has 1 aromatic rings. The van der Waals surface area contributed by atoms with Gasteiger partial charge in [-0.1, -0.05) is 69.6 Å². The van der Waals surface area contributed by atoms with Gasteiger partial charge in [-0.2, -0.15) is 0 Å². The number of ether oxygens (including phenoxy) is 1. The highest BCUT2D eigenvalue weighted by Crippen LogP contribution is 2.32. The van der Waals surface area contributed by atoms with Gasteiger partial charge in [-0.05, 0) is 79.9 Å². The van der Waals surface area contributed by atoms with Crippen molar-refractivity contribution in [1.82, 2.24) is 0 Å². The van der Waals surface area contributed by atoms with E-state index < -0.39 is 0 Å². The highest BCUT2D eigenvalue weighted by Gasteiger charge is 2.18. The lowest BCUT2D eigenvalue weighted by Gasteiger charge is -2.26. The minimum Gasteiger partial charge on any atom is -0.494 e. The zero-order valence-electron chi connectivity index (χ0n) is 17.3. The molecule has 0 N–H and O–H groups in total. The summed E-state index contributed by atoms with van der Waals surface area (Å²) in [6, 6.07) is 8.17. The Morgan fingerprint density at radius 1 is 0.926 bits per heavy atom. The van der Waals surface area contributed by atoms with Crippen molar-refractivity contribution in [1.29, 1.82) is 0 Å². The SMILES string of the molecule is CCCCC[C@H]1CC[C@H](/C=C/C#C/C=C/c2ccc(OCCC)cc2)CC1. The van der Waals surface area contributed by atoms with Gasteiger partial charge in [0.25, 0.3) is 0 Å². The number of allylic oxidation sites excluding steroid dienone is 3. The van der Waals surface area contributed by atoms with Gasteiger partial charge in [0.15, 0.2) is 0 Å². The molecule has 1 saturated carbocycles. The minimum absolute atomic E-state index is 0.737. The van der Waals surface area contributed by atoms with Crippen molar-refractivity contribution in [2.24, 2.45) is 11.8 Å². The van der Waals surface area contributed by atoms with Crippen LogP contribution in [0.2, 0.25) is 0 Å². The van der Waals surface area contributed by atoms with Crippen LogP contribution in [0.5, 0.6) is 5.75 Å². The van der Waals surface area contributed by atoms with Gasteiger partial charge in [-0.3, -0.25) is 0 Å². The van der Waals surface area contributed by atoms with E-state index in [-0.39, 0.29) is 0 Å². The van der Waals surface area contributed by atoms with E-state index >= 15 is 0 Å². The smallest absolute Gasteiger partial charge is 0.119 e. The number of rotatable bonds is 9. The molecule has 27 heavy (non-hydrogen) atoms. The molecule has 1 fully saturated rings. The molecule has 0 unspecified atom stereocenters. The number of hydrogen-bond acceptors (Lipinski definition) is 1. The summed E-state index contributed by atoms with van der Waals surface area (Å²) < 4.78 is 5.60. The molecule has 0 aliphatic heterocycles. The van der Waals surface area contributed by atoms with Gasteiger partial charge in [0, 0.05) is 0 Å². The van der Waals surface area contributed by atoms with Gasteiger partial charge in [0.2, 0.25) is 0 Å². The number of unbranched alkanes of at least 4 members (excludes halogenated alkanes) is 2. The summed E-state index contributed by atoms with van der Waals surface area (Å²) in [7, 11) is 0. The Balaban J connectivity index is 1.67. The maximum atomic E-state index is 5.60. The Kier molecular flexibility index (Phi) is 10.5. The standard InChI is InChI=1S/C26H36O/c1-3-5-8-11-23-14-16-24(17-15-23)12-9-6-7-10-13-25-18-20-26(21-19-25)27-22-4-2/h9-10,12-13,18-21,23-24H,3-5,8,11,14-17,22H2,1-2H3/b12-9+,13-10+/t23-,24-. The largest absolute Gasteiger partial charge is 0.494 e. The maximum Gasteiger partial charge on any atom is 0.119 e. The van der Waals surface area contributed by atoms with Crippen LogP contribution in [0.4, 0.5) is 0 Å². The lowest BCUT2D eigenvalue weighted by molar-refractivity contribution is 0.289. The van der Waals surface area contributed by atoms with Crippen molar-refractivity contribution in [2.75, 3.05) is 6.61 Å². The molecule has 1 heteroatoms. The van der Waals surface area contributed by atoms with Crippen LogP contribution >= 0.6 is 0 Å². The summed E-state index contributed by atoms with van der Waals surface area (Å²) in [5.41, 5.74) is 1.15. The second-order valence-electron chi connectivity index (χ2n) is 7.68. The highest BCUT2D eigenvalue weighted by atomic mass is 16.5. The van der Waals surface area contributed by atoms with E-state index in [0.717, 1.165) is 36.2 Å². The summed E-state index contributed by atoms with van der Waals surface area (Å²) in [6.45, 7) is 5.18. The molecule has 1 aliphatic rings. The van der Waals surface area contributed by atoms with Crippen LogP contribution in [0, 0.1) is 23.7 Å². The fourth-order valence-corrected chi connectivity index (χ4v) is 3.67. The van der Waals surface area contributed by atoms with Crippen LogP contribution in [0.3, 0.4) is 0 Å². The van der Waals surface area contributed by atoms with E-state index in [2.05, 4.69) is 43.9 Å². The highest BCUT2D eigenvalue weighted by molar-refractivity contribution is 5.54. The Morgan fingerprint density at radius 2 is 1.67 bits per heavy atom. The molecule has 0 heterocycles. The molecule has 0 bridgehead atoms. The summed E-state index contributed by atoms with van der Waals surface area (Å²) in [4.78, 5) is 0. The molecule has 0 atom stereocenters. The third kappa shape index (κ3) is 9.00. The molecule has 1 nitrogen and oxygen atoms in total. The molecule has 0 saturated heterocycles. The van der Waals surface area contributed by atoms with E-state index in [1.165, 1.54) is 51.4 Å². The lowest BCUT2D eigenvalue weighted by atomic mass is 9.79. The fraction of sp³-hybridized carbons (Fsp3) is 0.538. The van der Waals surface area contributed by atoms with Crippen LogP contribution in [-0.2, 0) is 0 Å². The molecule has 0 amide bonds. The first-order valence-corrected chi connectivity index (χ1v) is 10.9. The number of hydrogen-bond donors (Lipinski definition) is 0. The molecular formula is C26H36O. The topological polar surface area (TPSA) is 9.23 Å². The van der Waals surface area contributed by atoms with E-state index in [1.54, 1.807) is 0 Å². The van der Waals surface area contributed by atoms with Gasteiger partial charge >= 0.3 is 0 Å². The monoisotopic (exact) mass is 364 g/mol. The quantitative estimate of drug-likeness (QED) is 0.327. The lowest BCUT2D eigenvalue weighted by Crippen LogP contribution is -2.12. The zero-order valence-corrected chi connectivity index (χ0v) is 17.3. The molecule has 0 spiro atoms. The van der Waals surface area contributed by atoms with Crippen LogP contribution < -0.4 is 4.74 Å². The summed E-state index contributed by atoms with van der Waals surface area (Å²) >= 11 is 0. The van der Waals surface area contributed by atoms with Crippen LogP contribution in [0.15, 0.2) is 42.5 Å². The van der Waals surface area contributed by atoms with Gasteiger partial charge in [-0.15, -0.1) is 0 Å². The van der Waals surface area contributed by atoms with Crippen molar-refractivity contribution in [2.45, 2.75) is 71.6 Å². The van der Waals surface area contributed by atoms with Crippen molar-refractivity contribution < 1.29 is 4.74 Å². The first kappa shape index (κ1) is 21.4. The predicted molar refractivity (Wildman–Crippen MR) is 118 cm³/mol. The summed E-state index contributed by atoms with van der Waals surface area (Å²) in [5, 5.41) is 0. The number of benzene rings is 1. The van der Waals surface area contributed by atoms with Crippen molar-refractivity contribution >= 4 is 6.08 Å². The second kappa shape index (κ2) is 13.3. The predicted octanol–water partition coefficient (Wildman–Crippen LogP) is 7.43. The first-order chi connectivity index (χ1) is 13.3. The molecular weight excluding hydrogens is 328 g/mol. The van der Waals surface area contributed by atoms with E-state index in [9.17, 15) is 0 Å². The molecule has 0 radical (unpaired) electrons. The fourth-order valence-electron chi connectivity index (χ4n) is 3.67. The summed E-state index contributed by atoms with van der Waals surface area (Å²) in [6.07, 6.45) is 20.5. The summed E-state index contributed by atoms with van der Waals surface area (Å²) in [5.74, 6) is 8.92. The molecule has 0 aromatic heterocycles. The van der Waals surface area contributed by atoms with Crippen LogP contribution in [0.25, 0.3) is 6.08 Å². The molecule has 2 rings (SSSR count). The van der Waals surface area contributed by atoms with Crippen molar-refractivity contribution in [3.63, 3.8) is 0 Å². The van der Waals surface area contributed by atoms with Gasteiger partial charge in [0.1, 0.15) is 5.75 Å². The van der Waals surface area contributed by atoms with E-state index in [0.29, 0.717) is 0 Å². The van der Waals surface area contributed by atoms with Gasteiger partial charge in [-0.25, -0.2) is 0 Å². The molecule has 1 aliphatic carbocycles. The normalized spacial score (nSPS) is 19.9. The van der Waals surface area contributed by atoms with Gasteiger partial charge in [0.05, 0.1) is 6.61 Å². The van der Waals surface area contributed by atoms with Crippen LogP contribution in [-0.4, -0.2) is 6.61 Å². The third-order valence-electron chi connectivity index (χ3n) is 5.35. The zero-order chi connectivity index (χ0) is 19.2. The van der Waals surface area contributed by atoms with Crippen molar-refractivity contribution in [3.05, 3.63) is 48.1 Å². The first-order valence-electron chi connectivity index (χ1n) is 10.9. The van der Waals surface area contributed by atoms with Crippen LogP contribution in [0.1, 0.15) is 77.2 Å². The Labute approximate surface area is 166 Å². The molecule has 1 aromatic carbocycles. The van der Waals surface area contributed by atoms with E-state index in [1.807, 2.05) is 30.4 Å². The minimum atomic E-state index is 0.737.